The number of anilines is 1. The topological polar surface area (TPSA) is 59.4 Å². The maximum absolute atomic E-state index is 12.8. The number of rotatable bonds is 5. The lowest BCUT2D eigenvalue weighted by atomic mass is 9.95. The molecular formula is C26H30Cl2N4O2. The second-order valence-corrected chi connectivity index (χ2v) is 10.4. The Kier molecular flexibility index (Phi) is 6.74. The van der Waals surface area contributed by atoms with Crippen molar-refractivity contribution in [3.05, 3.63) is 52.0 Å². The predicted octanol–water partition coefficient (Wildman–Crippen LogP) is 5.58. The van der Waals surface area contributed by atoms with Crippen LogP contribution in [0.5, 0.6) is 0 Å². The minimum atomic E-state index is 0.0175. The molecular weight excluding hydrogens is 471 g/mol. The summed E-state index contributed by atoms with van der Waals surface area (Å²) in [4.78, 5) is 20.0. The number of imidazole rings is 1. The number of hydrogen-bond donors (Lipinski definition) is 1. The van der Waals surface area contributed by atoms with Gasteiger partial charge in [0.15, 0.2) is 0 Å². The average Bonchev–Trinajstić information content (AvgIpc) is 3.47. The summed E-state index contributed by atoms with van der Waals surface area (Å²) in [5.41, 5.74) is 4.04. The molecule has 2 aliphatic heterocycles. The highest BCUT2D eigenvalue weighted by Crippen LogP contribution is 2.35. The number of fused-ring (bicyclic) bond motifs is 1. The first kappa shape index (κ1) is 23.5. The van der Waals surface area contributed by atoms with Gasteiger partial charge in [-0.05, 0) is 55.0 Å². The number of halogens is 2. The van der Waals surface area contributed by atoms with E-state index >= 15 is 0 Å². The van der Waals surface area contributed by atoms with Crippen LogP contribution in [0.4, 0.5) is 5.95 Å². The van der Waals surface area contributed by atoms with Crippen LogP contribution in [0.3, 0.4) is 0 Å². The first-order valence-corrected chi connectivity index (χ1v) is 12.8. The van der Waals surface area contributed by atoms with Crippen molar-refractivity contribution in [1.82, 2.24) is 14.9 Å². The fourth-order valence-electron chi connectivity index (χ4n) is 4.84. The van der Waals surface area contributed by atoms with E-state index in [2.05, 4.69) is 52.9 Å². The molecule has 5 rings (SSSR count). The number of carbonyl (C=O) groups excluding carboxylic acids is 1. The number of amides is 1. The SMILES string of the molecule is CC(C)c1ccc(-n2c(N3CCC(C(=O)NC4CCOC4)CC3)nc3cc(Cl)c(Cl)cc32)cc1. The molecule has 2 fully saturated rings. The molecule has 34 heavy (non-hydrogen) atoms. The second-order valence-electron chi connectivity index (χ2n) is 9.58. The molecule has 1 unspecified atom stereocenters. The number of aromatic nitrogens is 2. The third kappa shape index (κ3) is 4.64. The zero-order valence-corrected chi connectivity index (χ0v) is 21.1. The molecule has 3 aromatic rings. The van der Waals surface area contributed by atoms with Gasteiger partial charge in [0.1, 0.15) is 0 Å². The molecule has 1 aromatic heterocycles. The third-order valence-corrected chi connectivity index (χ3v) is 7.64. The van der Waals surface area contributed by atoms with E-state index in [1.165, 1.54) is 5.56 Å². The smallest absolute Gasteiger partial charge is 0.223 e. The standard InChI is InChI=1S/C26H30Cl2N4O2/c1-16(2)17-3-5-20(6-4-17)32-24-14-22(28)21(27)13-23(24)30-26(32)31-10-7-18(8-11-31)25(33)29-19-9-12-34-15-19/h3-6,13-14,16,18-19H,7-12,15H2,1-2H3,(H,29,33). The van der Waals surface area contributed by atoms with Gasteiger partial charge in [-0.2, -0.15) is 0 Å². The van der Waals surface area contributed by atoms with Crippen molar-refractivity contribution >= 4 is 46.1 Å². The lowest BCUT2D eigenvalue weighted by molar-refractivity contribution is -0.126. The minimum absolute atomic E-state index is 0.0175. The molecule has 1 amide bonds. The van der Waals surface area contributed by atoms with E-state index in [4.69, 9.17) is 32.9 Å². The average molecular weight is 501 g/mol. The molecule has 0 spiro atoms. The largest absolute Gasteiger partial charge is 0.379 e. The fraction of sp³-hybridized carbons (Fsp3) is 0.462. The maximum Gasteiger partial charge on any atom is 0.223 e. The molecule has 1 atom stereocenters. The van der Waals surface area contributed by atoms with Crippen molar-refractivity contribution in [3.63, 3.8) is 0 Å². The van der Waals surface area contributed by atoms with E-state index in [-0.39, 0.29) is 17.9 Å². The lowest BCUT2D eigenvalue weighted by Gasteiger charge is -2.32. The van der Waals surface area contributed by atoms with Crippen LogP contribution in [-0.4, -0.2) is 47.8 Å². The van der Waals surface area contributed by atoms with Gasteiger partial charge in [-0.3, -0.25) is 9.36 Å². The maximum atomic E-state index is 12.8. The number of nitrogens with zero attached hydrogens (tertiary/aromatic N) is 3. The van der Waals surface area contributed by atoms with Crippen LogP contribution in [0, 0.1) is 5.92 Å². The molecule has 8 heteroatoms. The Morgan fingerprint density at radius 3 is 2.44 bits per heavy atom. The summed E-state index contributed by atoms with van der Waals surface area (Å²) in [5, 5.41) is 4.15. The number of piperidine rings is 1. The molecule has 2 aromatic carbocycles. The molecule has 0 bridgehead atoms. The van der Waals surface area contributed by atoms with Gasteiger partial charge in [-0.1, -0.05) is 49.2 Å². The highest BCUT2D eigenvalue weighted by atomic mass is 35.5. The normalized spacial score (nSPS) is 19.3. The number of ether oxygens (including phenoxy) is 1. The monoisotopic (exact) mass is 500 g/mol. The Labute approximate surface area is 210 Å². The summed E-state index contributed by atoms with van der Waals surface area (Å²) < 4.78 is 7.54. The van der Waals surface area contributed by atoms with Crippen LogP contribution >= 0.6 is 23.2 Å². The molecule has 3 heterocycles. The Hall–Kier alpha value is -2.28. The first-order valence-electron chi connectivity index (χ1n) is 12.0. The van der Waals surface area contributed by atoms with Crippen molar-refractivity contribution < 1.29 is 9.53 Å². The van der Waals surface area contributed by atoms with E-state index in [1.807, 2.05) is 12.1 Å². The Bertz CT molecular complexity index is 1180. The highest BCUT2D eigenvalue weighted by molar-refractivity contribution is 6.42. The molecule has 6 nitrogen and oxygen atoms in total. The van der Waals surface area contributed by atoms with Crippen LogP contribution in [0.1, 0.15) is 44.6 Å². The molecule has 0 saturated carbocycles. The molecule has 0 aliphatic carbocycles. The summed E-state index contributed by atoms with van der Waals surface area (Å²) in [6.07, 6.45) is 2.47. The summed E-state index contributed by atoms with van der Waals surface area (Å²) in [6.45, 7) is 7.24. The third-order valence-electron chi connectivity index (χ3n) is 6.92. The van der Waals surface area contributed by atoms with Crippen molar-refractivity contribution in [3.8, 4) is 5.69 Å². The number of nitrogens with one attached hydrogen (secondary N) is 1. The van der Waals surface area contributed by atoms with E-state index < -0.39 is 0 Å². The fourth-order valence-corrected chi connectivity index (χ4v) is 5.16. The van der Waals surface area contributed by atoms with Gasteiger partial charge in [-0.15, -0.1) is 0 Å². The number of hydrogen-bond acceptors (Lipinski definition) is 4. The van der Waals surface area contributed by atoms with Crippen LogP contribution in [0.25, 0.3) is 16.7 Å². The Morgan fingerprint density at radius 2 is 1.79 bits per heavy atom. The number of benzene rings is 2. The van der Waals surface area contributed by atoms with Crippen LogP contribution in [0.15, 0.2) is 36.4 Å². The molecule has 2 saturated heterocycles. The van der Waals surface area contributed by atoms with Crippen LogP contribution in [0.2, 0.25) is 10.0 Å². The van der Waals surface area contributed by atoms with Gasteiger partial charge in [0.05, 0.1) is 33.7 Å². The number of carbonyl (C=O) groups is 1. The van der Waals surface area contributed by atoms with Crippen molar-refractivity contribution in [2.75, 3.05) is 31.2 Å². The molecule has 2 aliphatic rings. The Balaban J connectivity index is 1.42. The second kappa shape index (κ2) is 9.76. The van der Waals surface area contributed by atoms with Gasteiger partial charge in [0, 0.05) is 31.3 Å². The van der Waals surface area contributed by atoms with E-state index in [0.717, 1.165) is 61.6 Å². The molecule has 180 valence electrons. The van der Waals surface area contributed by atoms with E-state index in [9.17, 15) is 4.79 Å². The predicted molar refractivity (Wildman–Crippen MR) is 137 cm³/mol. The van der Waals surface area contributed by atoms with Gasteiger partial charge < -0.3 is 15.0 Å². The summed E-state index contributed by atoms with van der Waals surface area (Å²) in [7, 11) is 0. The quantitative estimate of drug-likeness (QED) is 0.496. The van der Waals surface area contributed by atoms with E-state index in [0.29, 0.717) is 22.6 Å². The summed E-state index contributed by atoms with van der Waals surface area (Å²) in [6, 6.07) is 12.4. The van der Waals surface area contributed by atoms with Crippen molar-refractivity contribution in [2.45, 2.75) is 45.1 Å². The summed E-state index contributed by atoms with van der Waals surface area (Å²) in [5.74, 6) is 1.48. The van der Waals surface area contributed by atoms with Crippen molar-refractivity contribution in [2.24, 2.45) is 5.92 Å². The van der Waals surface area contributed by atoms with Crippen molar-refractivity contribution in [1.29, 1.82) is 0 Å². The minimum Gasteiger partial charge on any atom is -0.379 e. The Morgan fingerprint density at radius 1 is 1.09 bits per heavy atom. The zero-order chi connectivity index (χ0) is 23.8. The van der Waals surface area contributed by atoms with Crippen LogP contribution in [-0.2, 0) is 9.53 Å². The van der Waals surface area contributed by atoms with Gasteiger partial charge >= 0.3 is 0 Å². The summed E-state index contributed by atoms with van der Waals surface area (Å²) >= 11 is 12.7. The van der Waals surface area contributed by atoms with Gasteiger partial charge in [0.2, 0.25) is 11.9 Å². The van der Waals surface area contributed by atoms with Crippen LogP contribution < -0.4 is 10.2 Å². The molecule has 0 radical (unpaired) electrons. The van der Waals surface area contributed by atoms with E-state index in [1.54, 1.807) is 0 Å². The molecule has 1 N–H and O–H groups in total. The lowest BCUT2D eigenvalue weighted by Crippen LogP contribution is -2.44. The highest BCUT2D eigenvalue weighted by Gasteiger charge is 2.30. The zero-order valence-electron chi connectivity index (χ0n) is 19.6. The van der Waals surface area contributed by atoms with Gasteiger partial charge in [-0.25, -0.2) is 4.98 Å². The first-order chi connectivity index (χ1) is 16.4. The van der Waals surface area contributed by atoms with Gasteiger partial charge in [0.25, 0.3) is 0 Å².